The average molecular weight is 492 g/mol. The maximum Gasteiger partial charge on any atom is 0.240 e. The van der Waals surface area contributed by atoms with Crippen molar-refractivity contribution in [3.05, 3.63) is 89.5 Å². The maximum atomic E-state index is 12.5. The third-order valence-electron chi connectivity index (χ3n) is 5.08. The van der Waals surface area contributed by atoms with Gasteiger partial charge in [0.05, 0.1) is 0 Å². The van der Waals surface area contributed by atoms with E-state index >= 15 is 0 Å². The Hall–Kier alpha value is -3.49. The maximum absolute atomic E-state index is 12.5. The van der Waals surface area contributed by atoms with E-state index in [0.29, 0.717) is 16.8 Å². The van der Waals surface area contributed by atoms with E-state index in [0.717, 1.165) is 28.2 Å². The molecule has 0 unspecified atom stereocenters. The molecule has 176 valence electrons. The van der Waals surface area contributed by atoms with Crippen molar-refractivity contribution in [2.45, 2.75) is 27.2 Å². The molecular formula is C26H29N5OS2. The highest BCUT2D eigenvalue weighted by molar-refractivity contribution is 7.81. The van der Waals surface area contributed by atoms with E-state index in [-0.39, 0.29) is 12.3 Å². The van der Waals surface area contributed by atoms with Gasteiger partial charge in [-0.25, -0.2) is 0 Å². The van der Waals surface area contributed by atoms with Crippen molar-refractivity contribution in [1.29, 1.82) is 0 Å². The van der Waals surface area contributed by atoms with Gasteiger partial charge in [-0.15, -0.1) is 0 Å². The lowest BCUT2D eigenvalue weighted by Crippen LogP contribution is -2.45. The number of nitrogens with zero attached hydrogens (tertiary/aromatic N) is 1. The fourth-order valence-electron chi connectivity index (χ4n) is 3.10. The van der Waals surface area contributed by atoms with Crippen molar-refractivity contribution >= 4 is 57.6 Å². The zero-order valence-corrected chi connectivity index (χ0v) is 21.1. The number of thiocarbonyl (C=S) groups is 2. The minimum Gasteiger partial charge on any atom is -0.332 e. The summed E-state index contributed by atoms with van der Waals surface area (Å²) in [5.74, 6) is -0.205. The van der Waals surface area contributed by atoms with Gasteiger partial charge in [-0.1, -0.05) is 53.1 Å². The summed E-state index contributed by atoms with van der Waals surface area (Å²) in [5.41, 5.74) is 11.5. The van der Waals surface area contributed by atoms with Crippen molar-refractivity contribution in [3.63, 3.8) is 0 Å². The molecule has 0 aromatic heterocycles. The van der Waals surface area contributed by atoms with Crippen LogP contribution in [0.4, 0.5) is 17.1 Å². The van der Waals surface area contributed by atoms with E-state index < -0.39 is 0 Å². The largest absolute Gasteiger partial charge is 0.332 e. The Morgan fingerprint density at radius 1 is 0.706 bits per heavy atom. The summed E-state index contributed by atoms with van der Waals surface area (Å²) in [6.07, 6.45) is 0.212. The van der Waals surface area contributed by atoms with E-state index in [2.05, 4.69) is 21.5 Å². The first kappa shape index (κ1) is 25.1. The van der Waals surface area contributed by atoms with Gasteiger partial charge >= 0.3 is 0 Å². The van der Waals surface area contributed by atoms with Gasteiger partial charge in [0.15, 0.2) is 10.2 Å². The van der Waals surface area contributed by atoms with E-state index in [4.69, 9.17) is 24.4 Å². The number of hydrogen-bond acceptors (Lipinski definition) is 3. The SMILES string of the molecule is Cc1ccc(NC(=S)NNC(=O)CCN(C(=S)Nc2ccc(C)cc2)c2ccc(C)cc2)cc1. The van der Waals surface area contributed by atoms with Gasteiger partial charge in [0, 0.05) is 30.0 Å². The van der Waals surface area contributed by atoms with Crippen LogP contribution in [-0.2, 0) is 4.79 Å². The summed E-state index contributed by atoms with van der Waals surface area (Å²) in [6, 6.07) is 23.8. The number of anilines is 3. The Labute approximate surface area is 211 Å². The quantitative estimate of drug-likeness (QED) is 0.278. The number of hydrogen-bond donors (Lipinski definition) is 4. The summed E-state index contributed by atoms with van der Waals surface area (Å²) in [7, 11) is 0. The molecule has 0 aliphatic rings. The monoisotopic (exact) mass is 491 g/mol. The molecule has 0 bridgehead atoms. The van der Waals surface area contributed by atoms with Crippen LogP contribution in [0.15, 0.2) is 72.8 Å². The summed E-state index contributed by atoms with van der Waals surface area (Å²) < 4.78 is 0. The molecule has 0 aliphatic carbocycles. The van der Waals surface area contributed by atoms with Crippen LogP contribution in [0.1, 0.15) is 23.1 Å². The standard InChI is InChI=1S/C26H29N5OS2/c1-18-4-10-21(11-5-18)27-25(33)30-29-24(32)16-17-31(23-14-8-20(3)9-15-23)26(34)28-22-12-6-19(2)7-13-22/h4-15H,16-17H2,1-3H3,(H,28,34)(H,29,32)(H2,27,30,33). The minimum atomic E-state index is -0.205. The molecule has 0 aliphatic heterocycles. The fourth-order valence-corrected chi connectivity index (χ4v) is 3.59. The predicted octanol–water partition coefficient (Wildman–Crippen LogP) is 5.22. The van der Waals surface area contributed by atoms with Crippen molar-refractivity contribution in [3.8, 4) is 0 Å². The number of nitrogens with one attached hydrogen (secondary N) is 4. The molecule has 3 aromatic rings. The van der Waals surface area contributed by atoms with Gasteiger partial charge in [-0.3, -0.25) is 15.6 Å². The van der Waals surface area contributed by atoms with Crippen LogP contribution in [0.2, 0.25) is 0 Å². The highest BCUT2D eigenvalue weighted by Crippen LogP contribution is 2.18. The number of carbonyl (C=O) groups excluding carboxylic acids is 1. The normalized spacial score (nSPS) is 10.2. The Bertz CT molecular complexity index is 1130. The predicted molar refractivity (Wildman–Crippen MR) is 149 cm³/mol. The molecule has 0 fully saturated rings. The minimum absolute atomic E-state index is 0.205. The molecule has 3 rings (SSSR count). The number of aryl methyl sites for hydroxylation is 3. The molecular weight excluding hydrogens is 462 g/mol. The summed E-state index contributed by atoms with van der Waals surface area (Å²) in [6.45, 7) is 6.48. The van der Waals surface area contributed by atoms with Gasteiger partial charge in [0.1, 0.15) is 0 Å². The molecule has 0 radical (unpaired) electrons. The fraction of sp³-hybridized carbons (Fsp3) is 0.192. The Balaban J connectivity index is 1.57. The van der Waals surface area contributed by atoms with Crippen LogP contribution < -0.4 is 26.4 Å². The van der Waals surface area contributed by atoms with Crippen LogP contribution in [-0.4, -0.2) is 22.7 Å². The Kier molecular flexibility index (Phi) is 8.95. The molecule has 3 aromatic carbocycles. The molecule has 6 nitrogen and oxygen atoms in total. The lowest BCUT2D eigenvalue weighted by molar-refractivity contribution is -0.121. The molecule has 34 heavy (non-hydrogen) atoms. The highest BCUT2D eigenvalue weighted by Gasteiger charge is 2.15. The lowest BCUT2D eigenvalue weighted by atomic mass is 10.2. The summed E-state index contributed by atoms with van der Waals surface area (Å²) >= 11 is 10.9. The molecule has 0 heterocycles. The zero-order valence-electron chi connectivity index (χ0n) is 19.5. The second kappa shape index (κ2) is 12.1. The van der Waals surface area contributed by atoms with Crippen molar-refractivity contribution in [2.75, 3.05) is 22.1 Å². The van der Waals surface area contributed by atoms with E-state index in [9.17, 15) is 4.79 Å². The number of carbonyl (C=O) groups is 1. The first-order chi connectivity index (χ1) is 16.3. The second-order valence-corrected chi connectivity index (χ2v) is 8.82. The van der Waals surface area contributed by atoms with Gasteiger partial charge in [-0.2, -0.15) is 0 Å². The van der Waals surface area contributed by atoms with Crippen LogP contribution in [0, 0.1) is 20.8 Å². The number of benzene rings is 3. The van der Waals surface area contributed by atoms with Crippen LogP contribution in [0.25, 0.3) is 0 Å². The third-order valence-corrected chi connectivity index (χ3v) is 5.61. The zero-order chi connectivity index (χ0) is 24.5. The first-order valence-corrected chi connectivity index (χ1v) is 11.8. The van der Waals surface area contributed by atoms with E-state index in [1.165, 1.54) is 5.56 Å². The Morgan fingerprint density at radius 2 is 1.18 bits per heavy atom. The molecule has 0 saturated carbocycles. The van der Waals surface area contributed by atoms with E-state index in [1.54, 1.807) is 0 Å². The van der Waals surface area contributed by atoms with Crippen LogP contribution >= 0.6 is 24.4 Å². The topological polar surface area (TPSA) is 68.4 Å². The molecule has 8 heteroatoms. The Morgan fingerprint density at radius 3 is 1.71 bits per heavy atom. The second-order valence-electron chi connectivity index (χ2n) is 8.03. The van der Waals surface area contributed by atoms with Gasteiger partial charge in [-0.05, 0) is 81.6 Å². The summed E-state index contributed by atoms with van der Waals surface area (Å²) in [5, 5.41) is 7.13. The average Bonchev–Trinajstić information content (AvgIpc) is 2.82. The van der Waals surface area contributed by atoms with Gasteiger partial charge in [0.25, 0.3) is 0 Å². The highest BCUT2D eigenvalue weighted by atomic mass is 32.1. The van der Waals surface area contributed by atoms with Gasteiger partial charge in [0.2, 0.25) is 5.91 Å². The molecule has 0 spiro atoms. The molecule has 0 saturated heterocycles. The molecule has 1 amide bonds. The third kappa shape index (κ3) is 7.83. The number of hydrazine groups is 1. The summed E-state index contributed by atoms with van der Waals surface area (Å²) in [4.78, 5) is 14.4. The number of amides is 1. The van der Waals surface area contributed by atoms with E-state index in [1.807, 2.05) is 98.5 Å². The first-order valence-electron chi connectivity index (χ1n) is 10.9. The lowest BCUT2D eigenvalue weighted by Gasteiger charge is -2.26. The van der Waals surface area contributed by atoms with Gasteiger partial charge < -0.3 is 15.5 Å². The van der Waals surface area contributed by atoms with Crippen LogP contribution in [0.5, 0.6) is 0 Å². The van der Waals surface area contributed by atoms with Crippen molar-refractivity contribution in [1.82, 2.24) is 10.9 Å². The number of rotatable bonds is 6. The smallest absolute Gasteiger partial charge is 0.240 e. The molecule has 0 atom stereocenters. The molecule has 4 N–H and O–H groups in total. The van der Waals surface area contributed by atoms with Crippen molar-refractivity contribution < 1.29 is 4.79 Å². The van der Waals surface area contributed by atoms with Crippen molar-refractivity contribution in [2.24, 2.45) is 0 Å². The van der Waals surface area contributed by atoms with Crippen LogP contribution in [0.3, 0.4) is 0 Å².